The van der Waals surface area contributed by atoms with Crippen LogP contribution in [-0.2, 0) is 17.7 Å². The van der Waals surface area contributed by atoms with Crippen LogP contribution in [0.4, 0.5) is 0 Å². The number of ketones is 1. The lowest BCUT2D eigenvalue weighted by molar-refractivity contribution is 0.0339. The van der Waals surface area contributed by atoms with Crippen molar-refractivity contribution >= 4 is 23.2 Å². The summed E-state index contributed by atoms with van der Waals surface area (Å²) in [6.45, 7) is 6.34. The van der Waals surface area contributed by atoms with Crippen molar-refractivity contribution in [3.8, 4) is 5.75 Å². The lowest BCUT2D eigenvalue weighted by Gasteiger charge is -2.27. The number of thiophene rings is 1. The van der Waals surface area contributed by atoms with Gasteiger partial charge in [0.2, 0.25) is 0 Å². The number of allylic oxidation sites excluding steroid dienone is 1. The van der Waals surface area contributed by atoms with Gasteiger partial charge in [-0.15, -0.1) is 11.3 Å². The first-order valence-corrected chi connectivity index (χ1v) is 9.79. The zero-order chi connectivity index (χ0) is 18.4. The number of ether oxygens (including phenoxy) is 2. The number of methoxy groups -OCH3 is 1. The van der Waals surface area contributed by atoms with Crippen LogP contribution in [0.25, 0.3) is 6.08 Å². The molecule has 1 aromatic carbocycles. The maximum Gasteiger partial charge on any atom is 0.195 e. The predicted molar refractivity (Wildman–Crippen MR) is 106 cm³/mol. The number of aryl methyl sites for hydroxylation is 1. The minimum absolute atomic E-state index is 0.0558. The summed E-state index contributed by atoms with van der Waals surface area (Å²) in [7, 11) is 1.69. The van der Waals surface area contributed by atoms with Crippen molar-refractivity contribution in [3.63, 3.8) is 0 Å². The molecule has 1 aromatic heterocycles. The fourth-order valence-electron chi connectivity index (χ4n) is 2.98. The molecule has 0 radical (unpaired) electrons. The van der Waals surface area contributed by atoms with Gasteiger partial charge in [-0.1, -0.05) is 19.1 Å². The first-order valence-electron chi connectivity index (χ1n) is 8.97. The molecule has 0 bridgehead atoms. The third-order valence-corrected chi connectivity index (χ3v) is 5.73. The Morgan fingerprint density at radius 3 is 2.77 bits per heavy atom. The van der Waals surface area contributed by atoms with Gasteiger partial charge in [-0.25, -0.2) is 0 Å². The minimum atomic E-state index is 0.0558. The molecule has 0 spiro atoms. The highest BCUT2D eigenvalue weighted by Crippen LogP contribution is 2.23. The van der Waals surface area contributed by atoms with Crippen molar-refractivity contribution in [1.29, 1.82) is 0 Å². The van der Waals surface area contributed by atoms with E-state index < -0.39 is 0 Å². The Hall–Kier alpha value is -1.95. The molecule has 1 fully saturated rings. The molecule has 0 saturated carbocycles. The van der Waals surface area contributed by atoms with Gasteiger partial charge in [0.15, 0.2) is 5.78 Å². The van der Waals surface area contributed by atoms with E-state index in [1.54, 1.807) is 24.5 Å². The van der Waals surface area contributed by atoms with E-state index in [9.17, 15) is 4.79 Å². The molecule has 0 aliphatic carbocycles. The molecule has 0 unspecified atom stereocenters. The number of nitrogens with zero attached hydrogens (tertiary/aromatic N) is 1. The van der Waals surface area contributed by atoms with Crippen molar-refractivity contribution in [3.05, 3.63) is 57.3 Å². The fraction of sp³-hybridized carbons (Fsp3) is 0.381. The Balaban J connectivity index is 1.72. The maximum absolute atomic E-state index is 12.3. The Morgan fingerprint density at radius 2 is 2.08 bits per heavy atom. The molecule has 1 aliphatic heterocycles. The van der Waals surface area contributed by atoms with Crippen LogP contribution < -0.4 is 4.74 Å². The SMILES string of the molecule is CCc1ccc(C(=O)/C=C/c2ccc(OC)c(CN3CCOCC3)c2)s1. The highest BCUT2D eigenvalue weighted by Gasteiger charge is 2.13. The van der Waals surface area contributed by atoms with E-state index in [-0.39, 0.29) is 5.78 Å². The van der Waals surface area contributed by atoms with Crippen LogP contribution in [0, 0.1) is 0 Å². The summed E-state index contributed by atoms with van der Waals surface area (Å²) in [5.74, 6) is 0.936. The van der Waals surface area contributed by atoms with Crippen LogP contribution >= 0.6 is 11.3 Å². The Morgan fingerprint density at radius 1 is 1.27 bits per heavy atom. The van der Waals surface area contributed by atoms with E-state index in [1.807, 2.05) is 30.3 Å². The first-order chi connectivity index (χ1) is 12.7. The summed E-state index contributed by atoms with van der Waals surface area (Å²) in [6, 6.07) is 10.00. The number of hydrogen-bond acceptors (Lipinski definition) is 5. The quantitative estimate of drug-likeness (QED) is 0.544. The van der Waals surface area contributed by atoms with E-state index in [2.05, 4.69) is 17.9 Å². The number of rotatable bonds is 7. The Bertz CT molecular complexity index is 775. The van der Waals surface area contributed by atoms with Gasteiger partial charge in [-0.3, -0.25) is 9.69 Å². The van der Waals surface area contributed by atoms with E-state index in [1.165, 1.54) is 4.88 Å². The summed E-state index contributed by atoms with van der Waals surface area (Å²) in [5.41, 5.74) is 2.14. The van der Waals surface area contributed by atoms with E-state index in [4.69, 9.17) is 9.47 Å². The fourth-order valence-corrected chi connectivity index (χ4v) is 3.85. The van der Waals surface area contributed by atoms with Crippen LogP contribution in [0.2, 0.25) is 0 Å². The summed E-state index contributed by atoms with van der Waals surface area (Å²) >= 11 is 1.57. The molecule has 2 heterocycles. The monoisotopic (exact) mass is 371 g/mol. The van der Waals surface area contributed by atoms with E-state index in [0.717, 1.165) is 61.0 Å². The van der Waals surface area contributed by atoms with Crippen molar-refractivity contribution in [1.82, 2.24) is 4.90 Å². The Kier molecular flexibility index (Phi) is 6.61. The summed E-state index contributed by atoms with van der Waals surface area (Å²) < 4.78 is 10.9. The highest BCUT2D eigenvalue weighted by molar-refractivity contribution is 7.14. The standard InChI is InChI=1S/C21H25NO3S/c1-3-18-6-9-21(26-18)19(23)7-4-16-5-8-20(24-2)17(14-16)15-22-10-12-25-13-11-22/h4-9,14H,3,10-13,15H2,1-2H3/b7-4+. The van der Waals surface area contributed by atoms with Crippen LogP contribution in [0.1, 0.15) is 32.6 Å². The second-order valence-electron chi connectivity index (χ2n) is 6.28. The van der Waals surface area contributed by atoms with Crippen molar-refractivity contribution in [2.45, 2.75) is 19.9 Å². The van der Waals surface area contributed by atoms with Gasteiger partial charge in [-0.05, 0) is 42.3 Å². The minimum Gasteiger partial charge on any atom is -0.496 e. The zero-order valence-corrected chi connectivity index (χ0v) is 16.2. The summed E-state index contributed by atoms with van der Waals surface area (Å²) in [5, 5.41) is 0. The molecule has 3 rings (SSSR count). The molecule has 26 heavy (non-hydrogen) atoms. The lowest BCUT2D eigenvalue weighted by Crippen LogP contribution is -2.35. The summed E-state index contributed by atoms with van der Waals surface area (Å²) in [4.78, 5) is 16.7. The second kappa shape index (κ2) is 9.12. The predicted octanol–water partition coefficient (Wildman–Crippen LogP) is 4.05. The molecular weight excluding hydrogens is 346 g/mol. The number of benzene rings is 1. The molecule has 5 heteroatoms. The molecule has 0 amide bonds. The van der Waals surface area contributed by atoms with Crippen LogP contribution in [0.5, 0.6) is 5.75 Å². The number of carbonyl (C=O) groups is 1. The smallest absolute Gasteiger partial charge is 0.195 e. The third kappa shape index (κ3) is 4.81. The average Bonchev–Trinajstić information content (AvgIpc) is 3.16. The lowest BCUT2D eigenvalue weighted by atomic mass is 10.1. The number of hydrogen-bond donors (Lipinski definition) is 0. The molecule has 0 N–H and O–H groups in total. The normalized spacial score (nSPS) is 15.5. The number of carbonyl (C=O) groups excluding carboxylic acids is 1. The molecule has 2 aromatic rings. The highest BCUT2D eigenvalue weighted by atomic mass is 32.1. The first kappa shape index (κ1) is 18.8. The van der Waals surface area contributed by atoms with Gasteiger partial charge in [0.1, 0.15) is 5.75 Å². The molecule has 4 nitrogen and oxygen atoms in total. The molecule has 0 atom stereocenters. The van der Waals surface area contributed by atoms with Gasteiger partial charge in [0.25, 0.3) is 0 Å². The van der Waals surface area contributed by atoms with Crippen molar-refractivity contribution in [2.24, 2.45) is 0 Å². The molecule has 138 valence electrons. The maximum atomic E-state index is 12.3. The molecular formula is C21H25NO3S. The average molecular weight is 372 g/mol. The van der Waals surface area contributed by atoms with E-state index in [0.29, 0.717) is 0 Å². The second-order valence-corrected chi connectivity index (χ2v) is 7.45. The zero-order valence-electron chi connectivity index (χ0n) is 15.4. The van der Waals surface area contributed by atoms with Crippen LogP contribution in [-0.4, -0.2) is 44.1 Å². The van der Waals surface area contributed by atoms with Gasteiger partial charge in [0.05, 0.1) is 25.2 Å². The van der Waals surface area contributed by atoms with Crippen molar-refractivity contribution < 1.29 is 14.3 Å². The number of morpholine rings is 1. The topological polar surface area (TPSA) is 38.8 Å². The van der Waals surface area contributed by atoms with Gasteiger partial charge < -0.3 is 9.47 Å². The molecule has 1 aliphatic rings. The third-order valence-electron chi connectivity index (χ3n) is 4.48. The van der Waals surface area contributed by atoms with E-state index >= 15 is 0 Å². The van der Waals surface area contributed by atoms with Crippen molar-refractivity contribution in [2.75, 3.05) is 33.4 Å². The largest absolute Gasteiger partial charge is 0.496 e. The van der Waals surface area contributed by atoms with Gasteiger partial charge >= 0.3 is 0 Å². The van der Waals surface area contributed by atoms with Crippen LogP contribution in [0.15, 0.2) is 36.4 Å². The Labute approximate surface area is 159 Å². The van der Waals surface area contributed by atoms with Crippen LogP contribution in [0.3, 0.4) is 0 Å². The summed E-state index contributed by atoms with van der Waals surface area (Å²) in [6.07, 6.45) is 4.51. The van der Waals surface area contributed by atoms with Gasteiger partial charge in [0, 0.05) is 30.1 Å². The molecule has 1 saturated heterocycles. The van der Waals surface area contributed by atoms with Gasteiger partial charge in [-0.2, -0.15) is 0 Å².